The Balaban J connectivity index is 0.000000640. The average molecular weight is 168 g/mol. The predicted molar refractivity (Wildman–Crippen MR) is 46.5 cm³/mol. The van der Waals surface area contributed by atoms with Gasteiger partial charge in [0.25, 0.3) is 0 Å². The topological polar surface area (TPSA) is 26.0 Å². The van der Waals surface area contributed by atoms with Gasteiger partial charge >= 0.3 is 0 Å². The standard InChI is InChI=1S/C6H13NS.ClH/c7-5-2-1-3-6(8)4-5;/h5-6,8H,1-4,7H2;1H/t5-,6-;/m0./s1. The summed E-state index contributed by atoms with van der Waals surface area (Å²) in [4.78, 5) is 0. The molecule has 0 unspecified atom stereocenters. The van der Waals surface area contributed by atoms with Gasteiger partial charge in [-0.05, 0) is 19.3 Å². The van der Waals surface area contributed by atoms with Crippen LogP contribution < -0.4 is 5.73 Å². The van der Waals surface area contributed by atoms with Gasteiger partial charge in [0.05, 0.1) is 0 Å². The smallest absolute Gasteiger partial charge is 0.00492 e. The van der Waals surface area contributed by atoms with Crippen molar-refractivity contribution in [2.45, 2.75) is 37.0 Å². The first-order valence-corrected chi connectivity index (χ1v) is 3.74. The van der Waals surface area contributed by atoms with Crippen LogP contribution in [0, 0.1) is 0 Å². The van der Waals surface area contributed by atoms with Gasteiger partial charge in [0, 0.05) is 11.3 Å². The van der Waals surface area contributed by atoms with Crippen LogP contribution in [0.4, 0.5) is 0 Å². The van der Waals surface area contributed by atoms with Crippen molar-refractivity contribution in [2.24, 2.45) is 5.73 Å². The summed E-state index contributed by atoms with van der Waals surface area (Å²) in [5.74, 6) is 0. The molecule has 1 aliphatic rings. The molecule has 0 amide bonds. The number of nitrogens with two attached hydrogens (primary N) is 1. The molecule has 0 aliphatic heterocycles. The van der Waals surface area contributed by atoms with E-state index in [-0.39, 0.29) is 12.4 Å². The fourth-order valence-electron chi connectivity index (χ4n) is 1.20. The van der Waals surface area contributed by atoms with E-state index in [0.29, 0.717) is 11.3 Å². The molecule has 0 heterocycles. The highest BCUT2D eigenvalue weighted by molar-refractivity contribution is 7.80. The van der Waals surface area contributed by atoms with Gasteiger partial charge in [0.15, 0.2) is 0 Å². The minimum absolute atomic E-state index is 0. The maximum Gasteiger partial charge on any atom is 0.00492 e. The lowest BCUT2D eigenvalue weighted by Gasteiger charge is -2.22. The summed E-state index contributed by atoms with van der Waals surface area (Å²) in [5.41, 5.74) is 5.68. The Bertz CT molecular complexity index is 71.5. The van der Waals surface area contributed by atoms with Crippen LogP contribution in [0.25, 0.3) is 0 Å². The lowest BCUT2D eigenvalue weighted by Crippen LogP contribution is -2.27. The van der Waals surface area contributed by atoms with Crippen LogP contribution >= 0.6 is 25.0 Å². The first-order chi connectivity index (χ1) is 3.79. The molecule has 0 aromatic carbocycles. The number of hydrogen-bond donors (Lipinski definition) is 2. The molecule has 1 fully saturated rings. The Labute approximate surface area is 68.2 Å². The van der Waals surface area contributed by atoms with Crippen molar-refractivity contribution < 1.29 is 0 Å². The van der Waals surface area contributed by atoms with Crippen molar-refractivity contribution in [3.8, 4) is 0 Å². The second-order valence-electron chi connectivity index (χ2n) is 2.58. The van der Waals surface area contributed by atoms with E-state index in [0.717, 1.165) is 6.42 Å². The molecule has 0 aromatic rings. The van der Waals surface area contributed by atoms with Gasteiger partial charge in [0.1, 0.15) is 0 Å². The van der Waals surface area contributed by atoms with E-state index >= 15 is 0 Å². The van der Waals surface area contributed by atoms with Crippen LogP contribution in [0.2, 0.25) is 0 Å². The zero-order valence-corrected chi connectivity index (χ0v) is 7.13. The minimum atomic E-state index is 0. The molecule has 1 rings (SSSR count). The summed E-state index contributed by atoms with van der Waals surface area (Å²) in [7, 11) is 0. The van der Waals surface area contributed by atoms with E-state index in [1.54, 1.807) is 0 Å². The molecular weight excluding hydrogens is 154 g/mol. The molecule has 1 nitrogen and oxygen atoms in total. The van der Waals surface area contributed by atoms with Crippen LogP contribution in [-0.2, 0) is 0 Å². The molecule has 2 atom stereocenters. The van der Waals surface area contributed by atoms with Gasteiger partial charge in [0.2, 0.25) is 0 Å². The summed E-state index contributed by atoms with van der Waals surface area (Å²) in [5, 5.41) is 0.582. The maximum absolute atomic E-state index is 5.68. The highest BCUT2D eigenvalue weighted by Crippen LogP contribution is 2.20. The number of halogens is 1. The van der Waals surface area contributed by atoms with E-state index in [4.69, 9.17) is 5.73 Å². The molecule has 1 saturated carbocycles. The summed E-state index contributed by atoms with van der Waals surface area (Å²) in [6.07, 6.45) is 4.85. The molecule has 0 radical (unpaired) electrons. The SMILES string of the molecule is Cl.N[C@H]1CCC[C@H](S)C1. The highest BCUT2D eigenvalue weighted by atomic mass is 35.5. The van der Waals surface area contributed by atoms with Crippen molar-refractivity contribution >= 4 is 25.0 Å². The van der Waals surface area contributed by atoms with Crippen molar-refractivity contribution in [3.05, 3.63) is 0 Å². The van der Waals surface area contributed by atoms with E-state index in [1.807, 2.05) is 0 Å². The fraction of sp³-hybridized carbons (Fsp3) is 1.00. The van der Waals surface area contributed by atoms with Gasteiger partial charge in [-0.25, -0.2) is 0 Å². The van der Waals surface area contributed by atoms with Crippen LogP contribution in [0.5, 0.6) is 0 Å². The van der Waals surface area contributed by atoms with E-state index in [2.05, 4.69) is 12.6 Å². The van der Waals surface area contributed by atoms with Gasteiger partial charge in [-0.15, -0.1) is 12.4 Å². The van der Waals surface area contributed by atoms with Crippen molar-refractivity contribution in [3.63, 3.8) is 0 Å². The predicted octanol–water partition coefficient (Wildman–Crippen LogP) is 1.61. The van der Waals surface area contributed by atoms with Gasteiger partial charge < -0.3 is 5.73 Å². The molecule has 3 heteroatoms. The van der Waals surface area contributed by atoms with Gasteiger partial charge in [-0.2, -0.15) is 12.6 Å². The lowest BCUT2D eigenvalue weighted by atomic mass is 9.96. The van der Waals surface area contributed by atoms with Gasteiger partial charge in [-0.1, -0.05) is 6.42 Å². The molecule has 0 saturated heterocycles. The Hall–Kier alpha value is 0.600. The highest BCUT2D eigenvalue weighted by Gasteiger charge is 2.14. The van der Waals surface area contributed by atoms with Crippen molar-refractivity contribution in [1.82, 2.24) is 0 Å². The quantitative estimate of drug-likeness (QED) is 0.527. The molecule has 2 N–H and O–H groups in total. The maximum atomic E-state index is 5.68. The Morgan fingerprint density at radius 2 is 2.00 bits per heavy atom. The number of rotatable bonds is 0. The average Bonchev–Trinajstić information content (AvgIpc) is 1.64. The molecule has 56 valence electrons. The first-order valence-electron chi connectivity index (χ1n) is 3.22. The van der Waals surface area contributed by atoms with Crippen molar-refractivity contribution in [2.75, 3.05) is 0 Å². The molecule has 0 aromatic heterocycles. The Morgan fingerprint density at radius 3 is 2.33 bits per heavy atom. The molecule has 0 bridgehead atoms. The fourth-order valence-corrected chi connectivity index (χ4v) is 1.65. The first kappa shape index (κ1) is 9.60. The normalized spacial score (nSPS) is 35.3. The molecule has 9 heavy (non-hydrogen) atoms. The van der Waals surface area contributed by atoms with Crippen LogP contribution in [-0.4, -0.2) is 11.3 Å². The van der Waals surface area contributed by atoms with Crippen LogP contribution in [0.3, 0.4) is 0 Å². The van der Waals surface area contributed by atoms with E-state index in [9.17, 15) is 0 Å². The zero-order valence-electron chi connectivity index (χ0n) is 5.42. The molecule has 0 spiro atoms. The summed E-state index contributed by atoms with van der Waals surface area (Å²) in [6, 6.07) is 0.436. The third-order valence-corrected chi connectivity index (χ3v) is 2.16. The minimum Gasteiger partial charge on any atom is -0.328 e. The van der Waals surface area contributed by atoms with Crippen LogP contribution in [0.15, 0.2) is 0 Å². The Morgan fingerprint density at radius 1 is 1.33 bits per heavy atom. The zero-order chi connectivity index (χ0) is 5.98. The largest absolute Gasteiger partial charge is 0.328 e. The van der Waals surface area contributed by atoms with Crippen LogP contribution in [0.1, 0.15) is 25.7 Å². The van der Waals surface area contributed by atoms with E-state index < -0.39 is 0 Å². The lowest BCUT2D eigenvalue weighted by molar-refractivity contribution is 0.453. The third-order valence-electron chi connectivity index (χ3n) is 1.69. The van der Waals surface area contributed by atoms with Crippen molar-refractivity contribution in [1.29, 1.82) is 0 Å². The third kappa shape index (κ3) is 3.33. The summed E-state index contributed by atoms with van der Waals surface area (Å²) >= 11 is 4.34. The molecule has 1 aliphatic carbocycles. The monoisotopic (exact) mass is 167 g/mol. The van der Waals surface area contributed by atoms with E-state index in [1.165, 1.54) is 19.3 Å². The summed E-state index contributed by atoms with van der Waals surface area (Å²) < 4.78 is 0. The van der Waals surface area contributed by atoms with Gasteiger partial charge in [-0.3, -0.25) is 0 Å². The second kappa shape index (κ2) is 4.42. The number of hydrogen-bond acceptors (Lipinski definition) is 2. The molecular formula is C6H14ClNS. The Kier molecular flexibility index (Phi) is 4.72. The summed E-state index contributed by atoms with van der Waals surface area (Å²) in [6.45, 7) is 0. The number of thiol groups is 1. The second-order valence-corrected chi connectivity index (χ2v) is 3.31.